The Hall–Kier alpha value is -1.16. The summed E-state index contributed by atoms with van der Waals surface area (Å²) in [7, 11) is -3.06. The maximum atomic E-state index is 6.29. The first-order valence-electron chi connectivity index (χ1n) is 12.8. The fraction of sp³-hybridized carbons (Fsp3) is 0.778. The lowest BCUT2D eigenvalue weighted by atomic mass is 10.0. The Balaban J connectivity index is 5.06. The van der Waals surface area contributed by atoms with Crippen molar-refractivity contribution < 1.29 is 13.3 Å². The van der Waals surface area contributed by atoms with E-state index >= 15 is 0 Å². The zero-order valence-corrected chi connectivity index (χ0v) is 22.5. The molecule has 0 aliphatic rings. The lowest BCUT2D eigenvalue weighted by Gasteiger charge is -2.36. The third kappa shape index (κ3) is 15.3. The Morgan fingerprint density at radius 2 is 0.839 bits per heavy atom. The largest absolute Gasteiger partial charge is 0.701 e. The molecule has 0 spiro atoms. The minimum Gasteiger partial charge on any atom is -0.488 e. The number of hydrogen-bond donors (Lipinski definition) is 0. The molecule has 0 fully saturated rings. The summed E-state index contributed by atoms with van der Waals surface area (Å²) in [5, 5.41) is 0. The Bertz CT molecular complexity index is 460. The third-order valence-electron chi connectivity index (χ3n) is 5.51. The van der Waals surface area contributed by atoms with Gasteiger partial charge in [0, 0.05) is 0 Å². The molecule has 0 radical (unpaired) electrons. The summed E-state index contributed by atoms with van der Waals surface area (Å²) >= 11 is 0. The van der Waals surface area contributed by atoms with Crippen LogP contribution in [0.15, 0.2) is 37.0 Å². The molecule has 0 N–H and O–H groups in total. The molecule has 0 aromatic carbocycles. The molecule has 4 heteroatoms. The van der Waals surface area contributed by atoms with Crippen molar-refractivity contribution >= 4 is 8.80 Å². The zero-order chi connectivity index (χ0) is 23.5. The van der Waals surface area contributed by atoms with Gasteiger partial charge in [-0.2, -0.15) is 0 Å². The van der Waals surface area contributed by atoms with Crippen LogP contribution in [0.5, 0.6) is 0 Å². The molecule has 0 aromatic rings. The first kappa shape index (κ1) is 29.8. The molecule has 1 atom stereocenters. The van der Waals surface area contributed by atoms with Gasteiger partial charge >= 0.3 is 8.80 Å². The highest BCUT2D eigenvalue weighted by Gasteiger charge is 2.56. The molecule has 0 saturated carbocycles. The summed E-state index contributed by atoms with van der Waals surface area (Å²) in [6.07, 6.45) is 19.0. The SMILES string of the molecule is C=C(C)O[Si](OC(=C)C)(OC(=C)C)C(CCCCCC)CCCCCCCCCCC. The molecular formula is C27H52O3Si. The van der Waals surface area contributed by atoms with E-state index in [4.69, 9.17) is 13.3 Å². The van der Waals surface area contributed by atoms with Crippen molar-refractivity contribution in [1.29, 1.82) is 0 Å². The highest BCUT2D eigenvalue weighted by atomic mass is 28.4. The van der Waals surface area contributed by atoms with Crippen LogP contribution >= 0.6 is 0 Å². The summed E-state index contributed by atoms with van der Waals surface area (Å²) in [5.41, 5.74) is 0.235. The number of unbranched alkanes of at least 4 members (excludes halogenated alkanes) is 11. The van der Waals surface area contributed by atoms with E-state index < -0.39 is 8.80 Å². The van der Waals surface area contributed by atoms with Crippen LogP contribution in [0.3, 0.4) is 0 Å². The van der Waals surface area contributed by atoms with E-state index in [-0.39, 0.29) is 5.54 Å². The first-order valence-corrected chi connectivity index (χ1v) is 14.6. The van der Waals surface area contributed by atoms with Gasteiger partial charge in [0.2, 0.25) is 0 Å². The summed E-state index contributed by atoms with van der Waals surface area (Å²) in [6, 6.07) is 0. The first-order chi connectivity index (χ1) is 14.8. The fourth-order valence-corrected chi connectivity index (χ4v) is 7.26. The van der Waals surface area contributed by atoms with Gasteiger partial charge in [-0.15, -0.1) is 0 Å². The van der Waals surface area contributed by atoms with Crippen molar-refractivity contribution in [3.63, 3.8) is 0 Å². The molecule has 1 unspecified atom stereocenters. The maximum absolute atomic E-state index is 6.29. The van der Waals surface area contributed by atoms with Crippen LogP contribution in [0.1, 0.15) is 131 Å². The van der Waals surface area contributed by atoms with Crippen molar-refractivity contribution in [2.75, 3.05) is 0 Å². The van der Waals surface area contributed by atoms with Crippen molar-refractivity contribution in [2.24, 2.45) is 0 Å². The Morgan fingerprint density at radius 1 is 0.548 bits per heavy atom. The van der Waals surface area contributed by atoms with Crippen LogP contribution in [0.4, 0.5) is 0 Å². The second-order valence-electron chi connectivity index (χ2n) is 9.18. The average molecular weight is 453 g/mol. The van der Waals surface area contributed by atoms with Gasteiger partial charge in [0.25, 0.3) is 0 Å². The van der Waals surface area contributed by atoms with Crippen molar-refractivity contribution in [3.8, 4) is 0 Å². The molecule has 0 aliphatic heterocycles. The molecule has 0 bridgehead atoms. The molecular weight excluding hydrogens is 400 g/mol. The van der Waals surface area contributed by atoms with E-state index in [1.807, 2.05) is 20.8 Å². The minimum absolute atomic E-state index is 0.235. The number of rotatable bonds is 22. The molecule has 0 aliphatic carbocycles. The smallest absolute Gasteiger partial charge is 0.488 e. The highest BCUT2D eigenvalue weighted by molar-refractivity contribution is 6.63. The normalized spacial score (nSPS) is 12.3. The van der Waals surface area contributed by atoms with Gasteiger partial charge in [-0.3, -0.25) is 0 Å². The van der Waals surface area contributed by atoms with Crippen molar-refractivity contribution in [3.05, 3.63) is 37.0 Å². The Kier molecular flexibility index (Phi) is 17.7. The molecule has 0 amide bonds. The molecule has 0 saturated heterocycles. The second-order valence-corrected chi connectivity index (χ2v) is 11.8. The van der Waals surface area contributed by atoms with Gasteiger partial charge in [-0.05, 0) is 33.6 Å². The van der Waals surface area contributed by atoms with E-state index in [9.17, 15) is 0 Å². The van der Waals surface area contributed by atoms with Gasteiger partial charge < -0.3 is 13.3 Å². The van der Waals surface area contributed by atoms with Gasteiger partial charge in [-0.25, -0.2) is 0 Å². The van der Waals surface area contributed by atoms with Crippen LogP contribution in [-0.4, -0.2) is 8.80 Å². The average Bonchev–Trinajstić information content (AvgIpc) is 2.66. The van der Waals surface area contributed by atoms with Crippen molar-refractivity contribution in [2.45, 2.75) is 136 Å². The zero-order valence-electron chi connectivity index (χ0n) is 21.5. The summed E-state index contributed by atoms with van der Waals surface area (Å²) in [5.74, 6) is 1.92. The molecule has 31 heavy (non-hydrogen) atoms. The fourth-order valence-electron chi connectivity index (χ4n) is 4.06. The van der Waals surface area contributed by atoms with Gasteiger partial charge in [0.05, 0.1) is 22.8 Å². The molecule has 182 valence electrons. The quantitative estimate of drug-likeness (QED) is 0.0929. The van der Waals surface area contributed by atoms with Crippen LogP contribution in [-0.2, 0) is 13.3 Å². The third-order valence-corrected chi connectivity index (χ3v) is 8.99. The monoisotopic (exact) mass is 452 g/mol. The van der Waals surface area contributed by atoms with Crippen LogP contribution in [0.2, 0.25) is 5.54 Å². The highest BCUT2D eigenvalue weighted by Crippen LogP contribution is 2.39. The van der Waals surface area contributed by atoms with Gasteiger partial charge in [0.1, 0.15) is 0 Å². The topological polar surface area (TPSA) is 27.7 Å². The standard InChI is InChI=1S/C27H52O3Si/c1-9-11-13-15-16-17-18-19-21-23-27(22-20-14-12-10-2)31(28-24(3)4,29-25(5)6)30-26(7)8/h27H,3,5,7,9-23H2,1-2,4,6,8H3. The summed E-state index contributed by atoms with van der Waals surface area (Å²) in [6.45, 7) is 22.1. The predicted octanol–water partition coefficient (Wildman–Crippen LogP) is 9.84. The van der Waals surface area contributed by atoms with Crippen LogP contribution < -0.4 is 0 Å². The van der Waals surface area contributed by atoms with E-state index in [1.165, 1.54) is 83.5 Å². The molecule has 0 heterocycles. The van der Waals surface area contributed by atoms with E-state index in [2.05, 4.69) is 33.6 Å². The Labute approximate surface area is 195 Å². The number of allylic oxidation sites excluding steroid dienone is 3. The van der Waals surface area contributed by atoms with E-state index in [1.54, 1.807) is 0 Å². The minimum atomic E-state index is -3.06. The molecule has 0 rings (SSSR count). The molecule has 0 aromatic heterocycles. The Morgan fingerprint density at radius 3 is 1.16 bits per heavy atom. The molecule has 3 nitrogen and oxygen atoms in total. The van der Waals surface area contributed by atoms with Crippen LogP contribution in [0, 0.1) is 0 Å². The number of hydrogen-bond acceptors (Lipinski definition) is 3. The summed E-state index contributed by atoms with van der Waals surface area (Å²) < 4.78 is 18.9. The van der Waals surface area contributed by atoms with Gasteiger partial charge in [-0.1, -0.05) is 117 Å². The second kappa shape index (κ2) is 18.4. The predicted molar refractivity (Wildman–Crippen MR) is 138 cm³/mol. The lowest BCUT2D eigenvalue weighted by molar-refractivity contribution is 0.126. The van der Waals surface area contributed by atoms with E-state index in [0.29, 0.717) is 17.3 Å². The maximum Gasteiger partial charge on any atom is 0.701 e. The van der Waals surface area contributed by atoms with Crippen LogP contribution in [0.25, 0.3) is 0 Å². The van der Waals surface area contributed by atoms with E-state index in [0.717, 1.165) is 12.8 Å². The van der Waals surface area contributed by atoms with Gasteiger partial charge in [0.15, 0.2) is 0 Å². The lowest BCUT2D eigenvalue weighted by Crippen LogP contribution is -2.49. The van der Waals surface area contributed by atoms with Crippen molar-refractivity contribution in [1.82, 2.24) is 0 Å². The summed E-state index contributed by atoms with van der Waals surface area (Å²) in [4.78, 5) is 0.